The number of anilines is 2. The molecule has 0 aliphatic carbocycles. The molecular weight excluding hydrogens is 412 g/mol. The van der Waals surface area contributed by atoms with Crippen molar-refractivity contribution in [3.8, 4) is 11.3 Å². The summed E-state index contributed by atoms with van der Waals surface area (Å²) in [5.41, 5.74) is 4.07. The number of amides is 1. The molecule has 3 heterocycles. The number of nitrogens with one attached hydrogen (secondary N) is 2. The van der Waals surface area contributed by atoms with E-state index in [1.54, 1.807) is 12.4 Å². The Morgan fingerprint density at radius 3 is 2.70 bits per heavy atom. The molecule has 4 rings (SSSR count). The number of carboxylic acid groups (broad SMARTS) is 1. The lowest BCUT2D eigenvalue weighted by Gasteiger charge is -2.23. The van der Waals surface area contributed by atoms with E-state index in [2.05, 4.69) is 31.2 Å². The molecule has 0 radical (unpaired) electrons. The average Bonchev–Trinajstić information content (AvgIpc) is 3.01. The molecule has 0 unspecified atom stereocenters. The van der Waals surface area contributed by atoms with Gasteiger partial charge in [-0.05, 0) is 34.1 Å². The highest BCUT2D eigenvalue weighted by Crippen LogP contribution is 2.40. The van der Waals surface area contributed by atoms with Crippen LogP contribution in [0.25, 0.3) is 11.3 Å². The zero-order valence-electron chi connectivity index (χ0n) is 14.1. The number of halogens is 1. The van der Waals surface area contributed by atoms with Gasteiger partial charge in [0, 0.05) is 33.8 Å². The van der Waals surface area contributed by atoms with E-state index in [1.165, 1.54) is 0 Å². The highest BCUT2D eigenvalue weighted by atomic mass is 79.9. The molecule has 3 aromatic rings. The standard InChI is InChI=1S/C19H15BrN4O3/c20-13-8-21-7-6-12(13)17-18(22-11-4-2-1-3-5-11)16-14(23-17)9-24(19(26)27)10-15(16)25/h1-8,22-23H,9-10H2,(H,26,27). The lowest BCUT2D eigenvalue weighted by Crippen LogP contribution is -2.38. The van der Waals surface area contributed by atoms with Gasteiger partial charge in [0.05, 0.1) is 30.0 Å². The second-order valence-electron chi connectivity index (χ2n) is 6.14. The summed E-state index contributed by atoms with van der Waals surface area (Å²) in [5, 5.41) is 12.6. The Hall–Kier alpha value is -3.13. The van der Waals surface area contributed by atoms with E-state index >= 15 is 0 Å². The van der Waals surface area contributed by atoms with Crippen LogP contribution in [0, 0.1) is 0 Å². The highest BCUT2D eigenvalue weighted by Gasteiger charge is 2.32. The van der Waals surface area contributed by atoms with Crippen molar-refractivity contribution in [2.75, 3.05) is 11.9 Å². The second-order valence-corrected chi connectivity index (χ2v) is 6.99. The Balaban J connectivity index is 1.88. The Kier molecular flexibility index (Phi) is 4.41. The molecule has 0 saturated heterocycles. The van der Waals surface area contributed by atoms with Gasteiger partial charge in [-0.3, -0.25) is 14.7 Å². The third kappa shape index (κ3) is 3.19. The van der Waals surface area contributed by atoms with Crippen molar-refractivity contribution >= 4 is 39.2 Å². The number of nitrogens with zero attached hydrogens (tertiary/aromatic N) is 2. The zero-order chi connectivity index (χ0) is 19.0. The molecule has 0 bridgehead atoms. The van der Waals surface area contributed by atoms with Crippen molar-refractivity contribution in [1.29, 1.82) is 0 Å². The second kappa shape index (κ2) is 6.88. The summed E-state index contributed by atoms with van der Waals surface area (Å²) in [7, 11) is 0. The molecular formula is C19H15BrN4O3. The normalized spacial score (nSPS) is 13.4. The van der Waals surface area contributed by atoms with Gasteiger partial charge in [0.2, 0.25) is 0 Å². The molecule has 1 aliphatic heterocycles. The summed E-state index contributed by atoms with van der Waals surface area (Å²) < 4.78 is 0.766. The number of rotatable bonds is 3. The van der Waals surface area contributed by atoms with E-state index in [4.69, 9.17) is 0 Å². The fourth-order valence-corrected chi connectivity index (χ4v) is 3.63. The van der Waals surface area contributed by atoms with E-state index in [0.717, 1.165) is 20.6 Å². The van der Waals surface area contributed by atoms with Gasteiger partial charge in [0.1, 0.15) is 0 Å². The molecule has 1 aliphatic rings. The van der Waals surface area contributed by atoms with Gasteiger partial charge in [0.25, 0.3) is 0 Å². The molecule has 7 nitrogen and oxygen atoms in total. The molecule has 3 N–H and O–H groups in total. The molecule has 1 aromatic carbocycles. The number of Topliss-reactive ketones (excluding diaryl/α,β-unsaturated/α-hetero) is 1. The van der Waals surface area contributed by atoms with Crippen LogP contribution in [0.1, 0.15) is 16.1 Å². The van der Waals surface area contributed by atoms with Crippen molar-refractivity contribution in [3.63, 3.8) is 0 Å². The number of benzene rings is 1. The maximum atomic E-state index is 12.8. The van der Waals surface area contributed by atoms with Gasteiger partial charge in [-0.2, -0.15) is 0 Å². The van der Waals surface area contributed by atoms with Gasteiger partial charge in [-0.1, -0.05) is 18.2 Å². The van der Waals surface area contributed by atoms with Gasteiger partial charge in [0.15, 0.2) is 5.78 Å². The summed E-state index contributed by atoms with van der Waals surface area (Å²) in [6.07, 6.45) is 2.22. The first-order valence-electron chi connectivity index (χ1n) is 8.22. The first-order chi connectivity index (χ1) is 13.0. The van der Waals surface area contributed by atoms with Gasteiger partial charge >= 0.3 is 6.09 Å². The summed E-state index contributed by atoms with van der Waals surface area (Å²) in [6, 6.07) is 11.4. The van der Waals surface area contributed by atoms with Crippen LogP contribution in [0.4, 0.5) is 16.2 Å². The highest BCUT2D eigenvalue weighted by molar-refractivity contribution is 9.10. The Morgan fingerprint density at radius 1 is 1.22 bits per heavy atom. The molecule has 2 aromatic heterocycles. The third-order valence-corrected chi connectivity index (χ3v) is 5.03. The van der Waals surface area contributed by atoms with Crippen molar-refractivity contribution in [1.82, 2.24) is 14.9 Å². The van der Waals surface area contributed by atoms with E-state index in [9.17, 15) is 14.7 Å². The molecule has 27 heavy (non-hydrogen) atoms. The van der Waals surface area contributed by atoms with Crippen molar-refractivity contribution in [3.05, 3.63) is 64.5 Å². The average molecular weight is 427 g/mol. The van der Waals surface area contributed by atoms with E-state index in [1.807, 2.05) is 36.4 Å². The fourth-order valence-electron chi connectivity index (χ4n) is 3.18. The number of H-pyrrole nitrogens is 1. The van der Waals surface area contributed by atoms with Crippen LogP contribution in [0.3, 0.4) is 0 Å². The fraction of sp³-hybridized carbons (Fsp3) is 0.105. The number of aromatic amines is 1. The summed E-state index contributed by atoms with van der Waals surface area (Å²) in [5.74, 6) is -0.246. The summed E-state index contributed by atoms with van der Waals surface area (Å²) in [6.45, 7) is -0.0385. The van der Waals surface area contributed by atoms with Crippen LogP contribution in [0.2, 0.25) is 0 Å². The van der Waals surface area contributed by atoms with Crippen LogP contribution in [-0.4, -0.2) is 38.4 Å². The lowest BCUT2D eigenvalue weighted by atomic mass is 10.0. The predicted octanol–water partition coefficient (Wildman–Crippen LogP) is 4.26. The monoisotopic (exact) mass is 426 g/mol. The van der Waals surface area contributed by atoms with Crippen LogP contribution in [0.5, 0.6) is 0 Å². The smallest absolute Gasteiger partial charge is 0.408 e. The Bertz CT molecular complexity index is 1030. The largest absolute Gasteiger partial charge is 0.465 e. The number of carbonyl (C=O) groups is 2. The number of fused-ring (bicyclic) bond motifs is 1. The first kappa shape index (κ1) is 17.3. The number of carbonyl (C=O) groups excluding carboxylic acids is 1. The number of pyridine rings is 1. The number of para-hydroxylation sites is 1. The molecule has 1 amide bonds. The SMILES string of the molecule is O=C1CN(C(=O)O)Cc2[nH]c(-c3ccncc3Br)c(Nc3ccccc3)c21. The van der Waals surface area contributed by atoms with Crippen molar-refractivity contribution in [2.45, 2.75) is 6.54 Å². The van der Waals surface area contributed by atoms with Gasteiger partial charge in [-0.15, -0.1) is 0 Å². The molecule has 0 fully saturated rings. The first-order valence-corrected chi connectivity index (χ1v) is 9.01. The quantitative estimate of drug-likeness (QED) is 0.580. The van der Waals surface area contributed by atoms with E-state index in [-0.39, 0.29) is 18.9 Å². The number of aromatic nitrogens is 2. The minimum Gasteiger partial charge on any atom is -0.465 e. The lowest BCUT2D eigenvalue weighted by molar-refractivity contribution is 0.0874. The molecule has 0 saturated carbocycles. The number of hydrogen-bond donors (Lipinski definition) is 3. The molecule has 8 heteroatoms. The van der Waals surface area contributed by atoms with E-state index in [0.29, 0.717) is 22.6 Å². The number of ketones is 1. The zero-order valence-corrected chi connectivity index (χ0v) is 15.7. The maximum Gasteiger partial charge on any atom is 0.408 e. The number of hydrogen-bond acceptors (Lipinski definition) is 4. The van der Waals surface area contributed by atoms with Crippen LogP contribution in [-0.2, 0) is 6.54 Å². The van der Waals surface area contributed by atoms with Gasteiger partial charge in [-0.25, -0.2) is 4.79 Å². The van der Waals surface area contributed by atoms with Crippen LogP contribution >= 0.6 is 15.9 Å². The van der Waals surface area contributed by atoms with Crippen molar-refractivity contribution < 1.29 is 14.7 Å². The minimum atomic E-state index is -1.12. The molecule has 0 atom stereocenters. The van der Waals surface area contributed by atoms with Crippen LogP contribution in [0.15, 0.2) is 53.3 Å². The Morgan fingerprint density at radius 2 is 2.00 bits per heavy atom. The summed E-state index contributed by atoms with van der Waals surface area (Å²) >= 11 is 3.50. The Labute approximate surface area is 163 Å². The maximum absolute atomic E-state index is 12.8. The minimum absolute atomic E-state index is 0.128. The van der Waals surface area contributed by atoms with Crippen LogP contribution < -0.4 is 5.32 Å². The van der Waals surface area contributed by atoms with Crippen molar-refractivity contribution in [2.24, 2.45) is 0 Å². The topological polar surface area (TPSA) is 98.3 Å². The molecule has 0 spiro atoms. The molecule has 136 valence electrons. The van der Waals surface area contributed by atoms with E-state index < -0.39 is 6.09 Å². The summed E-state index contributed by atoms with van der Waals surface area (Å²) in [4.78, 5) is 32.5. The predicted molar refractivity (Wildman–Crippen MR) is 104 cm³/mol. The van der Waals surface area contributed by atoms with Gasteiger partial charge < -0.3 is 15.4 Å². The third-order valence-electron chi connectivity index (χ3n) is 4.40.